The van der Waals surface area contributed by atoms with E-state index in [1.165, 1.54) is 12.1 Å². The molecule has 0 aliphatic heterocycles. The molecule has 0 saturated carbocycles. The van der Waals surface area contributed by atoms with Crippen LogP contribution in [0.5, 0.6) is 0 Å². The Morgan fingerprint density at radius 2 is 1.74 bits per heavy atom. The standard InChI is InChI=1S/C18H13F3O2/c19-18(20,21)14-8-6-12(7-9-14)15-3-1-2-11-4-5-13(17(22)23)10-16(11)15/h3-10H,1-2H2,(H,22,23). The Morgan fingerprint density at radius 1 is 1.04 bits per heavy atom. The predicted octanol–water partition coefficient (Wildman–Crippen LogP) is 4.78. The van der Waals surface area contributed by atoms with Gasteiger partial charge in [-0.1, -0.05) is 24.3 Å². The lowest BCUT2D eigenvalue weighted by molar-refractivity contribution is -0.137. The van der Waals surface area contributed by atoms with Crippen LogP contribution >= 0.6 is 0 Å². The van der Waals surface area contributed by atoms with Gasteiger partial charge in [0.1, 0.15) is 0 Å². The van der Waals surface area contributed by atoms with Crippen molar-refractivity contribution in [2.75, 3.05) is 0 Å². The monoisotopic (exact) mass is 318 g/mol. The number of rotatable bonds is 2. The molecule has 0 atom stereocenters. The molecule has 0 aromatic heterocycles. The van der Waals surface area contributed by atoms with Crippen LogP contribution in [0.1, 0.15) is 39.0 Å². The van der Waals surface area contributed by atoms with E-state index in [-0.39, 0.29) is 5.56 Å². The van der Waals surface area contributed by atoms with Crippen molar-refractivity contribution in [3.63, 3.8) is 0 Å². The SMILES string of the molecule is O=C(O)c1ccc2c(c1)C(c1ccc(C(F)(F)F)cc1)=CCC2. The van der Waals surface area contributed by atoms with Crippen molar-refractivity contribution in [1.82, 2.24) is 0 Å². The van der Waals surface area contributed by atoms with Gasteiger partial charge in [-0.2, -0.15) is 13.2 Å². The van der Waals surface area contributed by atoms with Crippen LogP contribution < -0.4 is 0 Å². The Labute approximate surface area is 130 Å². The smallest absolute Gasteiger partial charge is 0.416 e. The van der Waals surface area contributed by atoms with E-state index in [1.807, 2.05) is 6.08 Å². The van der Waals surface area contributed by atoms with Crippen molar-refractivity contribution in [2.45, 2.75) is 19.0 Å². The predicted molar refractivity (Wildman–Crippen MR) is 80.2 cm³/mol. The second kappa shape index (κ2) is 5.57. The second-order valence-electron chi connectivity index (χ2n) is 5.41. The van der Waals surface area contributed by atoms with Crippen LogP contribution in [-0.2, 0) is 12.6 Å². The summed E-state index contributed by atoms with van der Waals surface area (Å²) in [5.41, 5.74) is 2.69. The summed E-state index contributed by atoms with van der Waals surface area (Å²) >= 11 is 0. The molecule has 1 N–H and O–H groups in total. The van der Waals surface area contributed by atoms with Gasteiger partial charge in [-0.25, -0.2) is 4.79 Å². The van der Waals surface area contributed by atoms with Crippen molar-refractivity contribution < 1.29 is 23.1 Å². The van der Waals surface area contributed by atoms with Gasteiger partial charge in [-0.05, 0) is 59.4 Å². The highest BCUT2D eigenvalue weighted by atomic mass is 19.4. The van der Waals surface area contributed by atoms with Gasteiger partial charge in [0.25, 0.3) is 0 Å². The van der Waals surface area contributed by atoms with E-state index in [1.54, 1.807) is 18.2 Å². The summed E-state index contributed by atoms with van der Waals surface area (Å²) < 4.78 is 38.0. The number of hydrogen-bond donors (Lipinski definition) is 1. The maximum absolute atomic E-state index is 12.7. The lowest BCUT2D eigenvalue weighted by atomic mass is 9.85. The van der Waals surface area contributed by atoms with Gasteiger partial charge in [0, 0.05) is 0 Å². The van der Waals surface area contributed by atoms with E-state index < -0.39 is 17.7 Å². The zero-order valence-corrected chi connectivity index (χ0v) is 12.0. The maximum Gasteiger partial charge on any atom is 0.416 e. The fourth-order valence-corrected chi connectivity index (χ4v) is 2.77. The molecule has 0 saturated heterocycles. The van der Waals surface area contributed by atoms with E-state index in [2.05, 4.69) is 0 Å². The number of carboxylic acid groups (broad SMARTS) is 1. The van der Waals surface area contributed by atoms with E-state index in [0.29, 0.717) is 5.56 Å². The molecule has 5 heteroatoms. The molecule has 2 nitrogen and oxygen atoms in total. The number of carboxylic acids is 1. The van der Waals surface area contributed by atoms with Crippen LogP contribution in [0.3, 0.4) is 0 Å². The normalized spacial score (nSPS) is 14.1. The van der Waals surface area contributed by atoms with Gasteiger partial charge >= 0.3 is 12.1 Å². The van der Waals surface area contributed by atoms with Gasteiger partial charge < -0.3 is 5.11 Å². The van der Waals surface area contributed by atoms with Crippen LogP contribution in [0.4, 0.5) is 13.2 Å². The maximum atomic E-state index is 12.7. The van der Waals surface area contributed by atoms with Gasteiger partial charge in [0.05, 0.1) is 11.1 Å². The molecule has 2 aromatic rings. The van der Waals surface area contributed by atoms with Crippen molar-refractivity contribution in [1.29, 1.82) is 0 Å². The summed E-state index contributed by atoms with van der Waals surface area (Å²) in [5.74, 6) is -1.02. The largest absolute Gasteiger partial charge is 0.478 e. The van der Waals surface area contributed by atoms with Crippen LogP contribution in [0.2, 0.25) is 0 Å². The van der Waals surface area contributed by atoms with E-state index in [4.69, 9.17) is 5.11 Å². The quantitative estimate of drug-likeness (QED) is 0.865. The molecule has 0 unspecified atom stereocenters. The lowest BCUT2D eigenvalue weighted by Crippen LogP contribution is -2.06. The highest BCUT2D eigenvalue weighted by Crippen LogP contribution is 2.35. The number of carbonyl (C=O) groups is 1. The van der Waals surface area contributed by atoms with E-state index in [9.17, 15) is 18.0 Å². The Bertz CT molecular complexity index is 787. The van der Waals surface area contributed by atoms with Crippen LogP contribution in [0, 0.1) is 0 Å². The molecule has 3 rings (SSSR count). The number of alkyl halides is 3. The fraction of sp³-hybridized carbons (Fsp3) is 0.167. The molecule has 2 aromatic carbocycles. The van der Waals surface area contributed by atoms with E-state index >= 15 is 0 Å². The summed E-state index contributed by atoms with van der Waals surface area (Å²) in [6.45, 7) is 0. The first-order chi connectivity index (χ1) is 10.9. The minimum absolute atomic E-state index is 0.170. The number of aromatic carboxylic acids is 1. The first kappa shape index (κ1) is 15.3. The van der Waals surface area contributed by atoms with Crippen LogP contribution in [0.15, 0.2) is 48.5 Å². The topological polar surface area (TPSA) is 37.3 Å². The summed E-state index contributed by atoms with van der Waals surface area (Å²) in [5, 5.41) is 9.12. The molecule has 1 aliphatic carbocycles. The van der Waals surface area contributed by atoms with Crippen molar-refractivity contribution in [3.05, 3.63) is 76.4 Å². The summed E-state index contributed by atoms with van der Waals surface area (Å²) in [6, 6.07) is 9.86. The van der Waals surface area contributed by atoms with Gasteiger partial charge in [-0.15, -0.1) is 0 Å². The molecule has 0 heterocycles. The van der Waals surface area contributed by atoms with Crippen molar-refractivity contribution >= 4 is 11.5 Å². The van der Waals surface area contributed by atoms with Crippen molar-refractivity contribution in [3.8, 4) is 0 Å². The number of hydrogen-bond acceptors (Lipinski definition) is 1. The molecule has 0 bridgehead atoms. The Morgan fingerprint density at radius 3 is 2.35 bits per heavy atom. The van der Waals surface area contributed by atoms with Gasteiger partial charge in [0.2, 0.25) is 0 Å². The van der Waals surface area contributed by atoms with Gasteiger partial charge in [0.15, 0.2) is 0 Å². The zero-order chi connectivity index (χ0) is 16.6. The minimum atomic E-state index is -4.37. The summed E-state index contributed by atoms with van der Waals surface area (Å²) in [7, 11) is 0. The highest BCUT2D eigenvalue weighted by molar-refractivity contribution is 5.91. The average molecular weight is 318 g/mol. The number of benzene rings is 2. The Kier molecular flexibility index (Phi) is 3.72. The first-order valence-corrected chi connectivity index (χ1v) is 7.10. The summed E-state index contributed by atoms with van der Waals surface area (Å²) in [4.78, 5) is 11.1. The molecule has 1 aliphatic rings. The highest BCUT2D eigenvalue weighted by Gasteiger charge is 2.30. The van der Waals surface area contributed by atoms with Gasteiger partial charge in [-0.3, -0.25) is 0 Å². The molecular formula is C18H13F3O2. The lowest BCUT2D eigenvalue weighted by Gasteiger charge is -2.19. The third-order valence-electron chi connectivity index (χ3n) is 3.93. The van der Waals surface area contributed by atoms with E-state index in [0.717, 1.165) is 41.7 Å². The number of allylic oxidation sites excluding steroid dienone is 1. The minimum Gasteiger partial charge on any atom is -0.478 e. The first-order valence-electron chi connectivity index (χ1n) is 7.10. The fourth-order valence-electron chi connectivity index (χ4n) is 2.77. The Hall–Kier alpha value is -2.56. The second-order valence-corrected chi connectivity index (χ2v) is 5.41. The number of fused-ring (bicyclic) bond motifs is 1. The third-order valence-corrected chi connectivity index (χ3v) is 3.93. The summed E-state index contributed by atoms with van der Waals surface area (Å²) in [6.07, 6.45) is -0.862. The van der Waals surface area contributed by atoms with Crippen molar-refractivity contribution in [2.24, 2.45) is 0 Å². The zero-order valence-electron chi connectivity index (χ0n) is 12.0. The number of aryl methyl sites for hydroxylation is 1. The molecular weight excluding hydrogens is 305 g/mol. The molecule has 0 radical (unpaired) electrons. The number of halogens is 3. The van der Waals surface area contributed by atoms with Crippen LogP contribution in [0.25, 0.3) is 5.57 Å². The molecule has 0 spiro atoms. The molecule has 0 amide bonds. The molecule has 0 fully saturated rings. The average Bonchev–Trinajstić information content (AvgIpc) is 2.53. The Balaban J connectivity index is 2.03. The molecule has 23 heavy (non-hydrogen) atoms. The third kappa shape index (κ3) is 2.99. The van der Waals surface area contributed by atoms with Crippen LogP contribution in [-0.4, -0.2) is 11.1 Å². The molecule has 118 valence electrons.